The summed E-state index contributed by atoms with van der Waals surface area (Å²) in [6.45, 7) is 3.69. The van der Waals surface area contributed by atoms with E-state index in [-0.39, 0.29) is 11.3 Å². The van der Waals surface area contributed by atoms with Gasteiger partial charge in [-0.1, -0.05) is 19.1 Å². The summed E-state index contributed by atoms with van der Waals surface area (Å²) in [5, 5.41) is 12.4. The van der Waals surface area contributed by atoms with Gasteiger partial charge in [-0.3, -0.25) is 4.79 Å². The molecule has 8 heteroatoms. The highest BCUT2D eigenvalue weighted by atomic mass is 32.2. The Morgan fingerprint density at radius 1 is 1.20 bits per heavy atom. The lowest BCUT2D eigenvalue weighted by Crippen LogP contribution is -2.14. The molecule has 0 aliphatic rings. The SMILES string of the molecule is CCc1c(C)sc(NC(=O)c2ccc(CS(C)(=O)=O)cc2)c1C(=O)O. The quantitative estimate of drug-likeness (QED) is 0.801. The zero-order valence-electron chi connectivity index (χ0n) is 14.1. The molecule has 1 aromatic carbocycles. The van der Waals surface area contributed by atoms with Crippen molar-refractivity contribution in [3.8, 4) is 0 Å². The molecule has 1 aromatic heterocycles. The Bertz CT molecular complexity index is 911. The summed E-state index contributed by atoms with van der Waals surface area (Å²) in [4.78, 5) is 24.7. The molecule has 0 unspecified atom stereocenters. The molecule has 25 heavy (non-hydrogen) atoms. The molecule has 0 saturated carbocycles. The molecular weight excluding hydrogens is 362 g/mol. The van der Waals surface area contributed by atoms with Gasteiger partial charge in [0.25, 0.3) is 5.91 Å². The van der Waals surface area contributed by atoms with Gasteiger partial charge in [-0.25, -0.2) is 13.2 Å². The van der Waals surface area contributed by atoms with Gasteiger partial charge in [0.05, 0.1) is 11.3 Å². The van der Waals surface area contributed by atoms with Gasteiger partial charge in [-0.05, 0) is 36.6 Å². The average Bonchev–Trinajstić information content (AvgIpc) is 2.81. The number of amides is 1. The van der Waals surface area contributed by atoms with Gasteiger partial charge >= 0.3 is 5.97 Å². The minimum atomic E-state index is -3.14. The smallest absolute Gasteiger partial charge is 0.339 e. The molecule has 0 aliphatic carbocycles. The summed E-state index contributed by atoms with van der Waals surface area (Å²) >= 11 is 1.24. The molecule has 0 spiro atoms. The van der Waals surface area contributed by atoms with Crippen LogP contribution in [-0.2, 0) is 22.0 Å². The minimum absolute atomic E-state index is 0.0952. The molecule has 1 amide bonds. The molecule has 2 rings (SSSR count). The average molecular weight is 381 g/mol. The van der Waals surface area contributed by atoms with E-state index in [1.807, 2.05) is 13.8 Å². The van der Waals surface area contributed by atoms with Gasteiger partial charge in [-0.2, -0.15) is 0 Å². The van der Waals surface area contributed by atoms with Crippen molar-refractivity contribution in [2.75, 3.05) is 11.6 Å². The van der Waals surface area contributed by atoms with E-state index >= 15 is 0 Å². The lowest BCUT2D eigenvalue weighted by molar-refractivity contribution is 0.0697. The normalized spacial score (nSPS) is 11.3. The molecule has 0 saturated heterocycles. The number of thiophene rings is 1. The Hall–Kier alpha value is -2.19. The first-order valence-electron chi connectivity index (χ1n) is 7.56. The Morgan fingerprint density at radius 3 is 2.28 bits per heavy atom. The molecule has 0 atom stereocenters. The van der Waals surface area contributed by atoms with E-state index in [1.165, 1.54) is 23.5 Å². The number of aromatic carboxylic acids is 1. The molecule has 0 aliphatic heterocycles. The number of carboxylic acids is 1. The maximum atomic E-state index is 12.4. The fourth-order valence-electron chi connectivity index (χ4n) is 2.55. The number of carbonyl (C=O) groups excluding carboxylic acids is 1. The van der Waals surface area contributed by atoms with E-state index in [9.17, 15) is 23.1 Å². The van der Waals surface area contributed by atoms with Crippen LogP contribution in [0.5, 0.6) is 0 Å². The topological polar surface area (TPSA) is 101 Å². The number of rotatable bonds is 6. The lowest BCUT2D eigenvalue weighted by Gasteiger charge is -2.06. The van der Waals surface area contributed by atoms with Gasteiger partial charge in [0, 0.05) is 16.7 Å². The molecule has 0 fully saturated rings. The second-order valence-electron chi connectivity index (χ2n) is 5.72. The van der Waals surface area contributed by atoms with Crippen LogP contribution in [0.25, 0.3) is 0 Å². The van der Waals surface area contributed by atoms with Crippen molar-refractivity contribution in [2.24, 2.45) is 0 Å². The van der Waals surface area contributed by atoms with Crippen LogP contribution in [-0.4, -0.2) is 31.7 Å². The molecule has 2 N–H and O–H groups in total. The van der Waals surface area contributed by atoms with Gasteiger partial charge in [-0.15, -0.1) is 11.3 Å². The van der Waals surface area contributed by atoms with Gasteiger partial charge in [0.1, 0.15) is 5.00 Å². The fraction of sp³-hybridized carbons (Fsp3) is 0.294. The third-order valence-electron chi connectivity index (χ3n) is 3.65. The van der Waals surface area contributed by atoms with Crippen LogP contribution in [0.3, 0.4) is 0 Å². The monoisotopic (exact) mass is 381 g/mol. The molecule has 0 bridgehead atoms. The standard InChI is InChI=1S/C17H19NO5S2/c1-4-13-10(2)24-16(14(13)17(20)21)18-15(19)12-7-5-11(6-8-12)9-25(3,22)23/h5-8H,4,9H2,1-3H3,(H,18,19)(H,20,21). The van der Waals surface area contributed by atoms with Crippen molar-refractivity contribution in [3.63, 3.8) is 0 Å². The van der Waals surface area contributed by atoms with Crippen LogP contribution < -0.4 is 5.32 Å². The molecule has 6 nitrogen and oxygen atoms in total. The van der Waals surface area contributed by atoms with E-state index in [0.29, 0.717) is 22.5 Å². The Kier molecular flexibility index (Phi) is 5.64. The Labute approximate surface area is 150 Å². The highest BCUT2D eigenvalue weighted by Gasteiger charge is 2.22. The number of hydrogen-bond acceptors (Lipinski definition) is 5. The summed E-state index contributed by atoms with van der Waals surface area (Å²) in [5.74, 6) is -1.60. The van der Waals surface area contributed by atoms with Crippen LogP contribution in [0.4, 0.5) is 5.00 Å². The Morgan fingerprint density at radius 2 is 1.80 bits per heavy atom. The molecular formula is C17H19NO5S2. The van der Waals surface area contributed by atoms with E-state index in [4.69, 9.17) is 0 Å². The van der Waals surface area contributed by atoms with Crippen molar-refractivity contribution in [2.45, 2.75) is 26.0 Å². The number of nitrogens with one attached hydrogen (secondary N) is 1. The van der Waals surface area contributed by atoms with Crippen LogP contribution in [0.1, 0.15) is 43.6 Å². The second-order valence-corrected chi connectivity index (χ2v) is 9.09. The zero-order valence-corrected chi connectivity index (χ0v) is 15.8. The Balaban J connectivity index is 2.24. The minimum Gasteiger partial charge on any atom is -0.478 e. The summed E-state index contributed by atoms with van der Waals surface area (Å²) in [6.07, 6.45) is 1.71. The first kappa shape index (κ1) is 19.1. The lowest BCUT2D eigenvalue weighted by atomic mass is 10.1. The zero-order chi connectivity index (χ0) is 18.8. The number of benzene rings is 1. The van der Waals surface area contributed by atoms with E-state index in [1.54, 1.807) is 12.1 Å². The van der Waals surface area contributed by atoms with Crippen LogP contribution >= 0.6 is 11.3 Å². The maximum absolute atomic E-state index is 12.4. The first-order valence-corrected chi connectivity index (χ1v) is 10.4. The molecule has 134 valence electrons. The van der Waals surface area contributed by atoms with Crippen molar-refractivity contribution in [3.05, 3.63) is 51.4 Å². The summed E-state index contributed by atoms with van der Waals surface area (Å²) in [6, 6.07) is 6.20. The van der Waals surface area contributed by atoms with Crippen LogP contribution in [0, 0.1) is 6.92 Å². The van der Waals surface area contributed by atoms with E-state index in [0.717, 1.165) is 16.7 Å². The predicted molar refractivity (Wildman–Crippen MR) is 98.3 cm³/mol. The second kappa shape index (κ2) is 7.37. The number of sulfone groups is 1. The largest absolute Gasteiger partial charge is 0.478 e. The highest BCUT2D eigenvalue weighted by Crippen LogP contribution is 2.33. The van der Waals surface area contributed by atoms with Crippen molar-refractivity contribution < 1.29 is 23.1 Å². The molecule has 2 aromatic rings. The number of anilines is 1. The first-order chi connectivity index (χ1) is 11.6. The van der Waals surface area contributed by atoms with Gasteiger partial charge < -0.3 is 10.4 Å². The van der Waals surface area contributed by atoms with Gasteiger partial charge in [0.2, 0.25) is 0 Å². The number of carboxylic acid groups (broad SMARTS) is 1. The van der Waals surface area contributed by atoms with E-state index < -0.39 is 21.7 Å². The van der Waals surface area contributed by atoms with E-state index in [2.05, 4.69) is 5.32 Å². The third-order valence-corrected chi connectivity index (χ3v) is 5.57. The number of hydrogen-bond donors (Lipinski definition) is 2. The fourth-order valence-corrected chi connectivity index (χ4v) is 4.48. The predicted octanol–water partition coefficient (Wildman–Crippen LogP) is 3.11. The molecule has 1 heterocycles. The maximum Gasteiger partial charge on any atom is 0.339 e. The van der Waals surface area contributed by atoms with Crippen molar-refractivity contribution >= 4 is 38.1 Å². The summed E-state index contributed by atoms with van der Waals surface area (Å²) in [5.41, 5.74) is 1.77. The van der Waals surface area contributed by atoms with Crippen LogP contribution in [0.2, 0.25) is 0 Å². The number of carbonyl (C=O) groups is 2. The molecule has 0 radical (unpaired) electrons. The number of aryl methyl sites for hydroxylation is 1. The van der Waals surface area contributed by atoms with Crippen molar-refractivity contribution in [1.29, 1.82) is 0 Å². The third kappa shape index (κ3) is 4.67. The van der Waals surface area contributed by atoms with Crippen molar-refractivity contribution in [1.82, 2.24) is 0 Å². The highest BCUT2D eigenvalue weighted by molar-refractivity contribution is 7.89. The summed E-state index contributed by atoms with van der Waals surface area (Å²) in [7, 11) is -3.14. The summed E-state index contributed by atoms with van der Waals surface area (Å²) < 4.78 is 22.6. The van der Waals surface area contributed by atoms with Crippen LogP contribution in [0.15, 0.2) is 24.3 Å². The van der Waals surface area contributed by atoms with Gasteiger partial charge in [0.15, 0.2) is 9.84 Å².